The van der Waals surface area contributed by atoms with Gasteiger partial charge in [-0.1, -0.05) is 19.3 Å². The fourth-order valence-electron chi connectivity index (χ4n) is 3.14. The van der Waals surface area contributed by atoms with Gasteiger partial charge in [-0.2, -0.15) is 0 Å². The molecule has 1 atom stereocenters. The molecule has 1 aliphatic heterocycles. The second-order valence-corrected chi connectivity index (χ2v) is 6.91. The quantitative estimate of drug-likeness (QED) is 0.816. The Balaban J connectivity index is 2.04. The molecule has 2 aliphatic rings. The molecule has 1 saturated heterocycles. The van der Waals surface area contributed by atoms with Crippen molar-refractivity contribution in [2.75, 3.05) is 19.7 Å². The molecule has 2 fully saturated rings. The van der Waals surface area contributed by atoms with E-state index in [2.05, 4.69) is 10.6 Å². The third-order valence-electron chi connectivity index (χ3n) is 4.04. The van der Waals surface area contributed by atoms with Crippen LogP contribution in [0.2, 0.25) is 0 Å². The zero-order chi connectivity index (χ0) is 14.6. The lowest BCUT2D eigenvalue weighted by atomic mass is 9.77. The number of rotatable bonds is 2. The Morgan fingerprint density at radius 1 is 1.30 bits per heavy atom. The molecular weight excluding hydrogens is 256 g/mol. The number of hydrogen-bond acceptors (Lipinski definition) is 4. The normalized spacial score (nSPS) is 26.9. The molecule has 0 aromatic carbocycles. The fourth-order valence-corrected chi connectivity index (χ4v) is 3.14. The number of alkyl carbamates (subject to hydrolysis) is 1. The van der Waals surface area contributed by atoms with Gasteiger partial charge in [0.2, 0.25) is 0 Å². The Labute approximate surface area is 121 Å². The van der Waals surface area contributed by atoms with E-state index in [1.807, 2.05) is 20.8 Å². The van der Waals surface area contributed by atoms with Gasteiger partial charge in [0.1, 0.15) is 5.60 Å². The molecule has 1 unspecified atom stereocenters. The first-order valence-corrected chi connectivity index (χ1v) is 7.75. The van der Waals surface area contributed by atoms with Crippen molar-refractivity contribution in [2.45, 2.75) is 70.1 Å². The SMILES string of the molecule is CC(C)(C)OC(=O)NC1(C2CNCCO2)CCCCC1. The van der Waals surface area contributed by atoms with E-state index in [0.717, 1.165) is 38.8 Å². The molecule has 0 aromatic rings. The molecule has 0 bridgehead atoms. The van der Waals surface area contributed by atoms with Gasteiger partial charge in [0.05, 0.1) is 18.2 Å². The van der Waals surface area contributed by atoms with Crippen molar-refractivity contribution in [1.29, 1.82) is 0 Å². The summed E-state index contributed by atoms with van der Waals surface area (Å²) in [6, 6.07) is 0. The maximum absolute atomic E-state index is 12.2. The highest BCUT2D eigenvalue weighted by molar-refractivity contribution is 5.69. The second kappa shape index (κ2) is 6.31. The van der Waals surface area contributed by atoms with Crippen LogP contribution in [-0.4, -0.2) is 43.0 Å². The summed E-state index contributed by atoms with van der Waals surface area (Å²) >= 11 is 0. The van der Waals surface area contributed by atoms with E-state index in [-0.39, 0.29) is 17.7 Å². The Morgan fingerprint density at radius 2 is 2.00 bits per heavy atom. The molecule has 0 spiro atoms. The van der Waals surface area contributed by atoms with Gasteiger partial charge < -0.3 is 20.1 Å². The molecule has 2 rings (SSSR count). The number of morpholine rings is 1. The number of carbonyl (C=O) groups excluding carboxylic acids is 1. The zero-order valence-corrected chi connectivity index (χ0v) is 13.0. The first-order chi connectivity index (χ1) is 9.41. The van der Waals surface area contributed by atoms with Crippen molar-refractivity contribution >= 4 is 6.09 Å². The van der Waals surface area contributed by atoms with Crippen molar-refractivity contribution in [1.82, 2.24) is 10.6 Å². The Kier molecular flexibility index (Phi) is 4.91. The molecule has 1 saturated carbocycles. The third kappa shape index (κ3) is 4.09. The highest BCUT2D eigenvalue weighted by atomic mass is 16.6. The largest absolute Gasteiger partial charge is 0.444 e. The molecule has 0 aromatic heterocycles. The summed E-state index contributed by atoms with van der Waals surface area (Å²) in [4.78, 5) is 12.2. The minimum atomic E-state index is -0.467. The van der Waals surface area contributed by atoms with Crippen LogP contribution in [0.5, 0.6) is 0 Å². The van der Waals surface area contributed by atoms with Crippen molar-refractivity contribution in [3.63, 3.8) is 0 Å². The van der Waals surface area contributed by atoms with E-state index in [0.29, 0.717) is 6.61 Å². The second-order valence-electron chi connectivity index (χ2n) is 6.91. The first kappa shape index (κ1) is 15.6. The smallest absolute Gasteiger partial charge is 0.408 e. The Morgan fingerprint density at radius 3 is 2.55 bits per heavy atom. The molecule has 5 heteroatoms. The lowest BCUT2D eigenvalue weighted by molar-refractivity contribution is -0.0505. The number of amides is 1. The molecule has 20 heavy (non-hydrogen) atoms. The number of nitrogens with one attached hydrogen (secondary N) is 2. The van der Waals surface area contributed by atoms with Crippen LogP contribution in [-0.2, 0) is 9.47 Å². The molecule has 1 heterocycles. The van der Waals surface area contributed by atoms with Crippen molar-refractivity contribution in [3.05, 3.63) is 0 Å². The van der Waals surface area contributed by atoms with Crippen LogP contribution in [0.25, 0.3) is 0 Å². The number of ether oxygens (including phenoxy) is 2. The Bertz CT molecular complexity index is 327. The van der Waals surface area contributed by atoms with Crippen LogP contribution in [0.15, 0.2) is 0 Å². The molecule has 1 aliphatic carbocycles. The summed E-state index contributed by atoms with van der Waals surface area (Å²) in [5.41, 5.74) is -0.736. The third-order valence-corrected chi connectivity index (χ3v) is 4.04. The average molecular weight is 284 g/mol. The highest BCUT2D eigenvalue weighted by Gasteiger charge is 2.43. The van der Waals surface area contributed by atoms with Crippen LogP contribution in [0.4, 0.5) is 4.79 Å². The average Bonchev–Trinajstić information content (AvgIpc) is 2.38. The van der Waals surface area contributed by atoms with Gasteiger partial charge in [-0.3, -0.25) is 0 Å². The van der Waals surface area contributed by atoms with Crippen LogP contribution >= 0.6 is 0 Å². The lowest BCUT2D eigenvalue weighted by Crippen LogP contribution is -2.63. The van der Waals surface area contributed by atoms with Gasteiger partial charge in [0, 0.05) is 13.1 Å². The summed E-state index contributed by atoms with van der Waals surface area (Å²) in [6.07, 6.45) is 5.16. The molecule has 0 radical (unpaired) electrons. The zero-order valence-electron chi connectivity index (χ0n) is 13.0. The van der Waals surface area contributed by atoms with Crippen LogP contribution in [0.3, 0.4) is 0 Å². The van der Waals surface area contributed by atoms with Gasteiger partial charge in [0.15, 0.2) is 0 Å². The predicted octanol–water partition coefficient (Wildman–Crippen LogP) is 2.20. The number of carbonyl (C=O) groups is 1. The Hall–Kier alpha value is -0.810. The minimum absolute atomic E-state index is 0.0454. The monoisotopic (exact) mass is 284 g/mol. The highest BCUT2D eigenvalue weighted by Crippen LogP contribution is 2.33. The van der Waals surface area contributed by atoms with Crippen molar-refractivity contribution in [3.8, 4) is 0 Å². The summed E-state index contributed by atoms with van der Waals surface area (Å²) < 4.78 is 11.3. The van der Waals surface area contributed by atoms with Crippen molar-refractivity contribution < 1.29 is 14.3 Å². The van der Waals surface area contributed by atoms with E-state index in [1.165, 1.54) is 6.42 Å². The van der Waals surface area contributed by atoms with Gasteiger partial charge >= 0.3 is 6.09 Å². The molecule has 116 valence electrons. The predicted molar refractivity (Wildman–Crippen MR) is 77.8 cm³/mol. The van der Waals surface area contributed by atoms with Crippen LogP contribution in [0, 0.1) is 0 Å². The maximum atomic E-state index is 12.2. The van der Waals surface area contributed by atoms with Gasteiger partial charge in [-0.25, -0.2) is 4.79 Å². The van der Waals surface area contributed by atoms with Crippen molar-refractivity contribution in [2.24, 2.45) is 0 Å². The van der Waals surface area contributed by atoms with Crippen LogP contribution in [0.1, 0.15) is 52.9 Å². The molecular formula is C15H28N2O3. The van der Waals surface area contributed by atoms with Gasteiger partial charge in [0.25, 0.3) is 0 Å². The van der Waals surface area contributed by atoms with E-state index < -0.39 is 5.60 Å². The minimum Gasteiger partial charge on any atom is -0.444 e. The summed E-state index contributed by atoms with van der Waals surface area (Å²) in [5, 5.41) is 6.49. The standard InChI is InChI=1S/C15H28N2O3/c1-14(2,3)20-13(18)17-15(7-5-4-6-8-15)12-11-16-9-10-19-12/h12,16H,4-11H2,1-3H3,(H,17,18). The molecule has 1 amide bonds. The molecule has 2 N–H and O–H groups in total. The number of hydrogen-bond donors (Lipinski definition) is 2. The topological polar surface area (TPSA) is 59.6 Å². The maximum Gasteiger partial charge on any atom is 0.408 e. The van der Waals surface area contributed by atoms with E-state index in [9.17, 15) is 4.79 Å². The lowest BCUT2D eigenvalue weighted by Gasteiger charge is -2.45. The molecule has 5 nitrogen and oxygen atoms in total. The van der Waals surface area contributed by atoms with Gasteiger partial charge in [-0.15, -0.1) is 0 Å². The summed E-state index contributed by atoms with van der Waals surface area (Å²) in [6.45, 7) is 8.06. The van der Waals surface area contributed by atoms with E-state index in [4.69, 9.17) is 9.47 Å². The summed E-state index contributed by atoms with van der Waals surface area (Å²) in [7, 11) is 0. The summed E-state index contributed by atoms with van der Waals surface area (Å²) in [5.74, 6) is 0. The van der Waals surface area contributed by atoms with Crippen LogP contribution < -0.4 is 10.6 Å². The van der Waals surface area contributed by atoms with E-state index >= 15 is 0 Å². The fraction of sp³-hybridized carbons (Fsp3) is 0.933. The first-order valence-electron chi connectivity index (χ1n) is 7.75. The van der Waals surface area contributed by atoms with Gasteiger partial charge in [-0.05, 0) is 33.6 Å². The van der Waals surface area contributed by atoms with E-state index in [1.54, 1.807) is 0 Å².